The Labute approximate surface area is 155 Å². The molecule has 0 spiro atoms. The lowest BCUT2D eigenvalue weighted by atomic mass is 10.0. The molecule has 3 heteroatoms. The lowest BCUT2D eigenvalue weighted by Gasteiger charge is -2.05. The molecule has 0 fully saturated rings. The quantitative estimate of drug-likeness (QED) is 0.506. The molecule has 0 aliphatic carbocycles. The third-order valence-electron chi connectivity index (χ3n) is 4.40. The fourth-order valence-corrected chi connectivity index (χ4v) is 3.90. The number of aryl methyl sites for hydroxylation is 4. The molecular formula is C22H26N2S. The molecule has 0 aliphatic heterocycles. The van der Waals surface area contributed by atoms with Crippen molar-refractivity contribution in [3.8, 4) is 10.6 Å². The molecule has 0 unspecified atom stereocenters. The van der Waals surface area contributed by atoms with E-state index in [1.807, 2.05) is 0 Å². The summed E-state index contributed by atoms with van der Waals surface area (Å²) in [5.74, 6) is 0. The van der Waals surface area contributed by atoms with Crippen molar-refractivity contribution in [2.45, 2.75) is 52.4 Å². The number of hydrogen-bond acceptors (Lipinski definition) is 3. The fourth-order valence-electron chi connectivity index (χ4n) is 2.95. The molecule has 0 bridgehead atoms. The van der Waals surface area contributed by atoms with Crippen molar-refractivity contribution in [2.24, 2.45) is 0 Å². The lowest BCUT2D eigenvalue weighted by Crippen LogP contribution is -1.92. The first kappa shape index (κ1) is 17.8. The third-order valence-corrected chi connectivity index (χ3v) is 5.43. The monoisotopic (exact) mass is 350 g/mol. The first-order chi connectivity index (χ1) is 12.3. The zero-order chi connectivity index (χ0) is 17.5. The molecule has 2 aromatic carbocycles. The second-order valence-corrected chi connectivity index (χ2v) is 7.58. The molecule has 0 aliphatic rings. The summed E-state index contributed by atoms with van der Waals surface area (Å²) in [6, 6.07) is 17.9. The zero-order valence-electron chi connectivity index (χ0n) is 15.2. The van der Waals surface area contributed by atoms with Gasteiger partial charge in [-0.3, -0.25) is 0 Å². The SMILES string of the molecule is CCCc1ccc(CCc2ccc(-c3nnc(CCC)s3)cc2)cc1. The third kappa shape index (κ3) is 4.99. The Morgan fingerprint density at radius 2 is 1.16 bits per heavy atom. The Hall–Kier alpha value is -2.00. The highest BCUT2D eigenvalue weighted by atomic mass is 32.1. The van der Waals surface area contributed by atoms with E-state index in [4.69, 9.17) is 0 Å². The largest absolute Gasteiger partial charge is 0.147 e. The standard InChI is InChI=1S/C22H26N2S/c1-3-5-17-7-9-18(10-8-17)11-12-19-13-15-20(16-14-19)22-24-23-21(25-22)6-4-2/h7-10,13-16H,3-6,11-12H2,1-2H3. The molecule has 25 heavy (non-hydrogen) atoms. The minimum absolute atomic E-state index is 1.02. The van der Waals surface area contributed by atoms with Crippen LogP contribution in [-0.2, 0) is 25.7 Å². The average Bonchev–Trinajstić information content (AvgIpc) is 3.11. The van der Waals surface area contributed by atoms with Crippen LogP contribution in [0.2, 0.25) is 0 Å². The smallest absolute Gasteiger partial charge is 0.143 e. The van der Waals surface area contributed by atoms with Crippen LogP contribution in [0.15, 0.2) is 48.5 Å². The summed E-state index contributed by atoms with van der Waals surface area (Å²) in [6.07, 6.45) is 6.68. The van der Waals surface area contributed by atoms with Crippen molar-refractivity contribution in [2.75, 3.05) is 0 Å². The van der Waals surface area contributed by atoms with E-state index in [-0.39, 0.29) is 0 Å². The van der Waals surface area contributed by atoms with Gasteiger partial charge in [0.2, 0.25) is 0 Å². The van der Waals surface area contributed by atoms with Gasteiger partial charge in [0.25, 0.3) is 0 Å². The molecule has 0 atom stereocenters. The van der Waals surface area contributed by atoms with Gasteiger partial charge in [-0.15, -0.1) is 10.2 Å². The normalized spacial score (nSPS) is 11.0. The van der Waals surface area contributed by atoms with E-state index in [1.165, 1.54) is 35.1 Å². The van der Waals surface area contributed by atoms with Crippen molar-refractivity contribution in [1.29, 1.82) is 0 Å². The number of hydrogen-bond donors (Lipinski definition) is 0. The Bertz CT molecular complexity index is 773. The van der Waals surface area contributed by atoms with Gasteiger partial charge in [-0.2, -0.15) is 0 Å². The molecule has 3 rings (SSSR count). The van der Waals surface area contributed by atoms with Crippen LogP contribution in [-0.4, -0.2) is 10.2 Å². The van der Waals surface area contributed by atoms with Crippen molar-refractivity contribution in [3.05, 3.63) is 70.2 Å². The summed E-state index contributed by atoms with van der Waals surface area (Å²) in [4.78, 5) is 0. The van der Waals surface area contributed by atoms with Crippen LogP contribution in [0.5, 0.6) is 0 Å². The molecular weight excluding hydrogens is 324 g/mol. The first-order valence-electron chi connectivity index (χ1n) is 9.28. The Morgan fingerprint density at radius 1 is 0.640 bits per heavy atom. The van der Waals surface area contributed by atoms with Crippen LogP contribution in [0.4, 0.5) is 0 Å². The van der Waals surface area contributed by atoms with Crippen LogP contribution in [0.25, 0.3) is 10.6 Å². The van der Waals surface area contributed by atoms with Gasteiger partial charge in [0.15, 0.2) is 0 Å². The van der Waals surface area contributed by atoms with Gasteiger partial charge >= 0.3 is 0 Å². The summed E-state index contributed by atoms with van der Waals surface area (Å²) >= 11 is 1.71. The van der Waals surface area contributed by atoms with Crippen molar-refractivity contribution in [3.63, 3.8) is 0 Å². The van der Waals surface area contributed by atoms with Crippen LogP contribution < -0.4 is 0 Å². The van der Waals surface area contributed by atoms with Gasteiger partial charge in [0, 0.05) is 12.0 Å². The number of benzene rings is 2. The topological polar surface area (TPSA) is 25.8 Å². The van der Waals surface area contributed by atoms with E-state index in [2.05, 4.69) is 72.6 Å². The number of nitrogens with zero attached hydrogens (tertiary/aromatic N) is 2. The highest BCUT2D eigenvalue weighted by Crippen LogP contribution is 2.24. The van der Waals surface area contributed by atoms with Crippen LogP contribution in [0, 0.1) is 0 Å². The first-order valence-corrected chi connectivity index (χ1v) is 10.1. The van der Waals surface area contributed by atoms with Crippen molar-refractivity contribution < 1.29 is 0 Å². The molecule has 1 heterocycles. The van der Waals surface area contributed by atoms with E-state index in [9.17, 15) is 0 Å². The molecule has 0 N–H and O–H groups in total. The molecule has 0 saturated carbocycles. The second-order valence-electron chi connectivity index (χ2n) is 6.51. The fraction of sp³-hybridized carbons (Fsp3) is 0.364. The molecule has 130 valence electrons. The van der Waals surface area contributed by atoms with Crippen molar-refractivity contribution >= 4 is 11.3 Å². The summed E-state index contributed by atoms with van der Waals surface area (Å²) in [5.41, 5.74) is 5.40. The van der Waals surface area contributed by atoms with Crippen molar-refractivity contribution in [1.82, 2.24) is 10.2 Å². The van der Waals surface area contributed by atoms with E-state index in [1.54, 1.807) is 11.3 Å². The summed E-state index contributed by atoms with van der Waals surface area (Å²) in [7, 11) is 0. The minimum Gasteiger partial charge on any atom is -0.143 e. The average molecular weight is 351 g/mol. The maximum absolute atomic E-state index is 4.32. The maximum Gasteiger partial charge on any atom is 0.147 e. The summed E-state index contributed by atoms with van der Waals surface area (Å²) in [5, 5.41) is 10.8. The molecule has 0 saturated heterocycles. The zero-order valence-corrected chi connectivity index (χ0v) is 16.0. The van der Waals surface area contributed by atoms with Gasteiger partial charge in [-0.1, -0.05) is 80.1 Å². The van der Waals surface area contributed by atoms with Gasteiger partial charge in [-0.25, -0.2) is 0 Å². The number of rotatable bonds is 8. The summed E-state index contributed by atoms with van der Waals surface area (Å²) < 4.78 is 0. The van der Waals surface area contributed by atoms with Gasteiger partial charge in [0.1, 0.15) is 10.0 Å². The van der Waals surface area contributed by atoms with E-state index < -0.39 is 0 Å². The van der Waals surface area contributed by atoms with Gasteiger partial charge < -0.3 is 0 Å². The maximum atomic E-state index is 4.32. The highest BCUT2D eigenvalue weighted by molar-refractivity contribution is 7.14. The molecule has 0 radical (unpaired) electrons. The highest BCUT2D eigenvalue weighted by Gasteiger charge is 2.06. The molecule has 3 aromatic rings. The Kier molecular flexibility index (Phi) is 6.35. The van der Waals surface area contributed by atoms with Crippen LogP contribution in [0.1, 0.15) is 48.4 Å². The lowest BCUT2D eigenvalue weighted by molar-refractivity contribution is 0.879. The summed E-state index contributed by atoms with van der Waals surface area (Å²) in [6.45, 7) is 4.40. The molecule has 1 aromatic heterocycles. The Balaban J connectivity index is 1.58. The molecule has 2 nitrogen and oxygen atoms in total. The van der Waals surface area contributed by atoms with E-state index >= 15 is 0 Å². The predicted molar refractivity (Wildman–Crippen MR) is 107 cm³/mol. The predicted octanol–water partition coefficient (Wildman–Crippen LogP) is 5.90. The molecule has 0 amide bonds. The minimum atomic E-state index is 1.02. The van der Waals surface area contributed by atoms with Gasteiger partial charge in [-0.05, 0) is 42.4 Å². The van der Waals surface area contributed by atoms with Crippen LogP contribution >= 0.6 is 11.3 Å². The second kappa shape index (κ2) is 8.91. The number of aromatic nitrogens is 2. The van der Waals surface area contributed by atoms with E-state index in [0.717, 1.165) is 35.7 Å². The van der Waals surface area contributed by atoms with Crippen LogP contribution in [0.3, 0.4) is 0 Å². The van der Waals surface area contributed by atoms with E-state index in [0.29, 0.717) is 0 Å². The Morgan fingerprint density at radius 3 is 1.72 bits per heavy atom. The van der Waals surface area contributed by atoms with Gasteiger partial charge in [0.05, 0.1) is 0 Å².